The molecule has 0 spiro atoms. The van der Waals surface area contributed by atoms with Crippen LogP contribution in [0, 0.1) is 30.6 Å². The molecule has 4 amide bonds. The molecular formula is C40H33N7O5S. The Bertz CT molecular complexity index is 2440. The van der Waals surface area contributed by atoms with Gasteiger partial charge in [0.05, 0.1) is 28.8 Å². The molecule has 1 fully saturated rings. The summed E-state index contributed by atoms with van der Waals surface area (Å²) in [7, 11) is 0. The number of imide groups is 2. The minimum absolute atomic E-state index is 0.0625. The van der Waals surface area contributed by atoms with Crippen LogP contribution >= 0.6 is 11.3 Å². The lowest BCUT2D eigenvalue weighted by atomic mass is 10.0. The fourth-order valence-corrected chi connectivity index (χ4v) is 8.11. The monoisotopic (exact) mass is 723 g/mol. The van der Waals surface area contributed by atoms with Crippen LogP contribution in [0.25, 0.3) is 5.00 Å². The predicted molar refractivity (Wildman–Crippen MR) is 194 cm³/mol. The van der Waals surface area contributed by atoms with Gasteiger partial charge in [-0.05, 0) is 68.2 Å². The molecule has 0 radical (unpaired) electrons. The maximum atomic E-state index is 13.3. The molecule has 3 aliphatic heterocycles. The number of thiophene rings is 1. The number of hydrogen-bond acceptors (Lipinski definition) is 9. The summed E-state index contributed by atoms with van der Waals surface area (Å²) in [4.78, 5) is 60.3. The topological polar surface area (TPSA) is 152 Å². The highest BCUT2D eigenvalue weighted by Gasteiger charge is 2.45. The summed E-state index contributed by atoms with van der Waals surface area (Å²) in [6.07, 6.45) is 4.30. The van der Waals surface area contributed by atoms with E-state index in [4.69, 9.17) is 4.74 Å². The number of hydrogen-bond donors (Lipinski definition) is 2. The lowest BCUT2D eigenvalue weighted by Gasteiger charge is -2.27. The van der Waals surface area contributed by atoms with E-state index >= 15 is 0 Å². The highest BCUT2D eigenvalue weighted by molar-refractivity contribution is 7.15. The number of amides is 4. The third-order valence-corrected chi connectivity index (χ3v) is 10.7. The lowest BCUT2D eigenvalue weighted by Crippen LogP contribution is -2.54. The molecule has 3 aromatic heterocycles. The smallest absolute Gasteiger partial charge is 0.263 e. The Morgan fingerprint density at radius 1 is 1.00 bits per heavy atom. The second kappa shape index (κ2) is 14.1. The second-order valence-electron chi connectivity index (χ2n) is 13.1. The first-order chi connectivity index (χ1) is 25.8. The summed E-state index contributed by atoms with van der Waals surface area (Å²) in [6, 6.07) is 14.2. The van der Waals surface area contributed by atoms with E-state index in [0.29, 0.717) is 43.5 Å². The van der Waals surface area contributed by atoms with E-state index in [-0.39, 0.29) is 30.1 Å². The van der Waals surface area contributed by atoms with Crippen LogP contribution < -0.4 is 5.32 Å². The minimum Gasteiger partial charge on any atom is -0.366 e. The molecule has 2 aromatic carbocycles. The summed E-state index contributed by atoms with van der Waals surface area (Å²) in [5.41, 5.74) is 4.96. The number of carbonyl (C=O) groups is 4. The molecule has 3 aliphatic rings. The van der Waals surface area contributed by atoms with Gasteiger partial charge in [-0.3, -0.25) is 34.0 Å². The number of nitrogens with zero attached hydrogens (tertiary/aromatic N) is 5. The molecule has 0 bridgehead atoms. The van der Waals surface area contributed by atoms with Crippen LogP contribution in [0.3, 0.4) is 0 Å². The van der Waals surface area contributed by atoms with Crippen LogP contribution in [0.1, 0.15) is 110 Å². The zero-order chi connectivity index (χ0) is 36.6. The zero-order valence-corrected chi connectivity index (χ0v) is 29.8. The Hall–Kier alpha value is -6.15. The highest BCUT2D eigenvalue weighted by atomic mass is 32.1. The Kier molecular flexibility index (Phi) is 9.04. The van der Waals surface area contributed by atoms with E-state index in [0.717, 1.165) is 43.4 Å². The Morgan fingerprint density at radius 3 is 2.68 bits per heavy atom. The van der Waals surface area contributed by atoms with E-state index in [9.17, 15) is 19.2 Å². The molecule has 264 valence electrons. The third-order valence-electron chi connectivity index (χ3n) is 9.56. The van der Waals surface area contributed by atoms with Gasteiger partial charge in [0.15, 0.2) is 5.82 Å². The van der Waals surface area contributed by atoms with E-state index in [1.807, 2.05) is 32.0 Å². The first kappa shape index (κ1) is 34.0. The Labute approximate surface area is 309 Å². The van der Waals surface area contributed by atoms with Crippen molar-refractivity contribution >= 4 is 35.0 Å². The maximum Gasteiger partial charge on any atom is 0.263 e. The van der Waals surface area contributed by atoms with Crippen molar-refractivity contribution in [3.05, 3.63) is 116 Å². The molecule has 12 nitrogen and oxygen atoms in total. The fourth-order valence-electron chi connectivity index (χ4n) is 6.88. The van der Waals surface area contributed by atoms with Crippen molar-refractivity contribution in [3.63, 3.8) is 0 Å². The van der Waals surface area contributed by atoms with Gasteiger partial charge >= 0.3 is 0 Å². The van der Waals surface area contributed by atoms with Gasteiger partial charge in [0, 0.05) is 30.4 Å². The van der Waals surface area contributed by atoms with E-state index in [1.165, 1.54) is 5.56 Å². The molecule has 1 saturated heterocycles. The first-order valence-electron chi connectivity index (χ1n) is 17.4. The van der Waals surface area contributed by atoms with Gasteiger partial charge in [-0.15, -0.1) is 21.5 Å². The molecule has 2 N–H and O–H groups in total. The average molecular weight is 724 g/mol. The molecule has 5 aromatic rings. The van der Waals surface area contributed by atoms with Crippen LogP contribution in [0.15, 0.2) is 54.7 Å². The molecular weight excluding hydrogens is 691 g/mol. The summed E-state index contributed by atoms with van der Waals surface area (Å²) in [6.45, 7) is 4.41. The normalized spacial score (nSPS) is 17.6. The number of rotatable bonds is 6. The van der Waals surface area contributed by atoms with Gasteiger partial charge in [0.25, 0.3) is 11.8 Å². The SMILES string of the molecule is Cc1nnc2n1-c1sc(C#Cc3cnc(CCCC#Cc4cccc5c4C(=O)N(C4CCC(=O)NC4=O)C5=O)[nH]3)c(Cc3ccccc3)c1CO[C@H]2C. The van der Waals surface area contributed by atoms with Crippen molar-refractivity contribution in [3.8, 4) is 28.7 Å². The quantitative estimate of drug-likeness (QED) is 0.145. The van der Waals surface area contributed by atoms with Crippen molar-refractivity contribution in [2.45, 2.75) is 71.1 Å². The third kappa shape index (κ3) is 6.46. The molecule has 2 atom stereocenters. The fraction of sp³-hybridized carbons (Fsp3) is 0.275. The number of fused-ring (bicyclic) bond motifs is 4. The van der Waals surface area contributed by atoms with E-state index in [1.54, 1.807) is 35.7 Å². The van der Waals surface area contributed by atoms with Crippen molar-refractivity contribution in [2.75, 3.05) is 0 Å². The number of unbranched alkanes of at least 4 members (excludes halogenated alkanes) is 1. The van der Waals surface area contributed by atoms with Crippen LogP contribution in [0.2, 0.25) is 0 Å². The van der Waals surface area contributed by atoms with Gasteiger partial charge in [-0.1, -0.05) is 48.2 Å². The average Bonchev–Trinajstić information content (AvgIpc) is 3.89. The molecule has 1 unspecified atom stereocenters. The van der Waals surface area contributed by atoms with Gasteiger partial charge in [-0.25, -0.2) is 4.98 Å². The number of aromatic nitrogens is 5. The number of benzene rings is 2. The summed E-state index contributed by atoms with van der Waals surface area (Å²) < 4.78 is 8.32. The summed E-state index contributed by atoms with van der Waals surface area (Å²) in [5, 5.41) is 12.0. The minimum atomic E-state index is -1.02. The number of aryl methyl sites for hydroxylation is 2. The van der Waals surface area contributed by atoms with Crippen LogP contribution in [-0.2, 0) is 33.8 Å². The highest BCUT2D eigenvalue weighted by Crippen LogP contribution is 2.39. The number of piperidine rings is 1. The molecule has 53 heavy (non-hydrogen) atoms. The van der Waals surface area contributed by atoms with Crippen LogP contribution in [0.5, 0.6) is 0 Å². The number of imidazole rings is 1. The number of aromatic amines is 1. The number of nitrogens with one attached hydrogen (secondary N) is 2. The second-order valence-corrected chi connectivity index (χ2v) is 14.1. The van der Waals surface area contributed by atoms with Crippen LogP contribution in [0.4, 0.5) is 0 Å². The van der Waals surface area contributed by atoms with Crippen molar-refractivity contribution in [1.82, 2.24) is 34.9 Å². The zero-order valence-electron chi connectivity index (χ0n) is 29.0. The summed E-state index contributed by atoms with van der Waals surface area (Å²) in [5.74, 6) is 13.1. The van der Waals surface area contributed by atoms with E-state index < -0.39 is 29.7 Å². The lowest BCUT2D eigenvalue weighted by molar-refractivity contribution is -0.136. The Balaban J connectivity index is 0.958. The molecule has 0 saturated carbocycles. The predicted octanol–water partition coefficient (Wildman–Crippen LogP) is 4.72. The van der Waals surface area contributed by atoms with Crippen LogP contribution in [-0.4, -0.2) is 59.3 Å². The summed E-state index contributed by atoms with van der Waals surface area (Å²) >= 11 is 1.62. The largest absolute Gasteiger partial charge is 0.366 e. The number of carbonyl (C=O) groups excluding carboxylic acids is 4. The molecule has 13 heteroatoms. The molecule has 0 aliphatic carbocycles. The van der Waals surface area contributed by atoms with Crippen molar-refractivity contribution in [2.24, 2.45) is 0 Å². The van der Waals surface area contributed by atoms with E-state index in [2.05, 4.69) is 65.9 Å². The standard InChI is InChI=1S/C40H33N7O5S/c1-23-36-45-44-24(2)46(36)40-30(22-52-23)29(20-25-10-5-3-6-11-25)32(53-40)18-16-27-21-41-33(42-27)15-8-4-7-12-26-13-9-14-28-35(26)39(51)47(38(28)50)31-17-19-34(48)43-37(31)49/h3,5-6,9-11,13-14,21,23,31H,4,8,15,17,19-20,22H2,1-2H3,(H,41,42)(H,43,48,49)/t23-,31?/m0/s1. The molecule has 8 rings (SSSR count). The number of ether oxygens (including phenoxy) is 1. The molecule has 6 heterocycles. The van der Waals surface area contributed by atoms with Crippen molar-refractivity contribution < 1.29 is 23.9 Å². The number of H-pyrrole nitrogens is 1. The Morgan fingerprint density at radius 2 is 1.85 bits per heavy atom. The first-order valence-corrected chi connectivity index (χ1v) is 18.2. The van der Waals surface area contributed by atoms with Gasteiger partial charge in [0.1, 0.15) is 34.5 Å². The van der Waals surface area contributed by atoms with Gasteiger partial charge in [-0.2, -0.15) is 0 Å². The van der Waals surface area contributed by atoms with Crippen molar-refractivity contribution in [1.29, 1.82) is 0 Å². The van der Waals surface area contributed by atoms with Gasteiger partial charge < -0.3 is 9.72 Å². The van der Waals surface area contributed by atoms with Gasteiger partial charge in [0.2, 0.25) is 11.8 Å². The maximum absolute atomic E-state index is 13.3.